The molecule has 3 heterocycles. The van der Waals surface area contributed by atoms with Crippen LogP contribution in [0.4, 0.5) is 0 Å². The zero-order valence-corrected chi connectivity index (χ0v) is 29.1. The third-order valence-electron chi connectivity index (χ3n) is 10.1. The maximum atomic E-state index is 11.3. The lowest BCUT2D eigenvalue weighted by Crippen LogP contribution is -2.08. The minimum Gasteiger partial charge on any atom is -0.507 e. The van der Waals surface area contributed by atoms with Gasteiger partial charge in [-0.15, -0.1) is 0 Å². The van der Waals surface area contributed by atoms with Crippen molar-refractivity contribution >= 4 is 43.7 Å². The Morgan fingerprint density at radius 1 is 0.627 bits per heavy atom. The molecule has 0 saturated heterocycles. The van der Waals surface area contributed by atoms with Gasteiger partial charge in [-0.1, -0.05) is 113 Å². The molecule has 0 aliphatic heterocycles. The van der Waals surface area contributed by atoms with Crippen LogP contribution in [-0.2, 0) is 0 Å². The van der Waals surface area contributed by atoms with Crippen LogP contribution in [0.5, 0.6) is 5.75 Å². The summed E-state index contributed by atoms with van der Waals surface area (Å²) >= 11 is 0. The largest absolute Gasteiger partial charge is 0.507 e. The number of imidazole rings is 1. The molecule has 0 atom stereocenters. The zero-order valence-electron chi connectivity index (χ0n) is 29.1. The molecule has 9 rings (SSSR count). The highest BCUT2D eigenvalue weighted by Crippen LogP contribution is 2.44. The molecule has 0 amide bonds. The summed E-state index contributed by atoms with van der Waals surface area (Å²) in [4.78, 5) is 10.4. The van der Waals surface area contributed by atoms with Gasteiger partial charge in [0.15, 0.2) is 0 Å². The zero-order chi connectivity index (χ0) is 34.8. The Kier molecular flexibility index (Phi) is 7.25. The van der Waals surface area contributed by atoms with Crippen LogP contribution in [0.3, 0.4) is 0 Å². The smallest absolute Gasteiger partial charge is 0.149 e. The van der Waals surface area contributed by atoms with Gasteiger partial charge in [-0.25, -0.2) is 4.98 Å². The summed E-state index contributed by atoms with van der Waals surface area (Å²) in [5, 5.41) is 15.5. The Hall–Kier alpha value is -6.20. The van der Waals surface area contributed by atoms with E-state index < -0.39 is 0 Å². The van der Waals surface area contributed by atoms with Crippen molar-refractivity contribution in [3.63, 3.8) is 0 Å². The Balaban J connectivity index is 1.40. The van der Waals surface area contributed by atoms with E-state index in [-0.39, 0.29) is 17.6 Å². The number of rotatable bonds is 6. The SMILES string of the molecule is CC(C)c1cccc(C(C)C)c1-n1c(-c2ccccc2O)nc2c(-c3cc(-c4nccc5ccccc45)c4oc5ccccc5c4c3)cccc21. The standard InChI is InChI=1S/C46H37N3O2/c1-27(2)31-17-11-18-32(28(3)4)44(31)49-39-20-12-19-34(43(39)48-46(49)36-16-7-9-21-40(36)50)30-25-37-35-15-8-10-22-41(35)51-45(37)38(26-30)42-33-14-6-5-13-29(33)23-24-47-42/h5-28,50H,1-4H3. The highest BCUT2D eigenvalue weighted by atomic mass is 16.3. The van der Waals surface area contributed by atoms with Gasteiger partial charge < -0.3 is 9.52 Å². The van der Waals surface area contributed by atoms with Crippen LogP contribution >= 0.6 is 0 Å². The van der Waals surface area contributed by atoms with Crippen molar-refractivity contribution in [2.75, 3.05) is 0 Å². The number of pyridine rings is 1. The quantitative estimate of drug-likeness (QED) is 0.192. The number of hydrogen-bond donors (Lipinski definition) is 1. The molecule has 0 saturated carbocycles. The molecule has 51 heavy (non-hydrogen) atoms. The third kappa shape index (κ3) is 4.91. The Bertz CT molecular complexity index is 2750. The first kappa shape index (κ1) is 30.8. The van der Waals surface area contributed by atoms with E-state index in [2.05, 4.69) is 117 Å². The van der Waals surface area contributed by atoms with Crippen LogP contribution < -0.4 is 0 Å². The molecule has 0 unspecified atom stereocenters. The van der Waals surface area contributed by atoms with Crippen LogP contribution in [0.2, 0.25) is 0 Å². The Morgan fingerprint density at radius 3 is 2.10 bits per heavy atom. The molecule has 0 aliphatic carbocycles. The first-order valence-corrected chi connectivity index (χ1v) is 17.6. The first-order chi connectivity index (χ1) is 24.9. The van der Waals surface area contributed by atoms with Gasteiger partial charge in [0.25, 0.3) is 0 Å². The fraction of sp³-hybridized carbons (Fsp3) is 0.130. The second-order valence-electron chi connectivity index (χ2n) is 13.9. The maximum Gasteiger partial charge on any atom is 0.149 e. The normalized spacial score (nSPS) is 12.0. The van der Waals surface area contributed by atoms with Crippen LogP contribution in [-0.4, -0.2) is 19.6 Å². The predicted molar refractivity (Wildman–Crippen MR) is 210 cm³/mol. The second kappa shape index (κ2) is 12.0. The summed E-state index contributed by atoms with van der Waals surface area (Å²) in [7, 11) is 0. The number of fused-ring (bicyclic) bond motifs is 5. The van der Waals surface area contributed by atoms with Gasteiger partial charge in [-0.05, 0) is 76.4 Å². The summed E-state index contributed by atoms with van der Waals surface area (Å²) in [6.07, 6.45) is 1.87. The van der Waals surface area contributed by atoms with Crippen molar-refractivity contribution < 1.29 is 9.52 Å². The number of aromatic hydroxyl groups is 1. The minimum absolute atomic E-state index is 0.194. The van der Waals surface area contributed by atoms with Gasteiger partial charge in [0.2, 0.25) is 0 Å². The molecular formula is C46H37N3O2. The molecule has 0 spiro atoms. The number of furan rings is 1. The molecule has 3 aromatic heterocycles. The van der Waals surface area contributed by atoms with Gasteiger partial charge in [0, 0.05) is 33.5 Å². The van der Waals surface area contributed by atoms with Gasteiger partial charge in [0.05, 0.1) is 28.0 Å². The summed E-state index contributed by atoms with van der Waals surface area (Å²) in [5.74, 6) is 1.43. The summed E-state index contributed by atoms with van der Waals surface area (Å²) < 4.78 is 8.88. The number of nitrogens with zero attached hydrogens (tertiary/aromatic N) is 3. The molecule has 5 nitrogen and oxygen atoms in total. The molecular weight excluding hydrogens is 627 g/mol. The Morgan fingerprint density at radius 2 is 1.31 bits per heavy atom. The van der Waals surface area contributed by atoms with Crippen LogP contribution in [0, 0.1) is 0 Å². The molecule has 0 bridgehead atoms. The average Bonchev–Trinajstić information content (AvgIpc) is 3.73. The highest BCUT2D eigenvalue weighted by Gasteiger charge is 2.25. The number of phenols is 1. The number of hydrogen-bond acceptors (Lipinski definition) is 4. The molecule has 0 aliphatic rings. The van der Waals surface area contributed by atoms with Gasteiger partial charge in [-0.3, -0.25) is 9.55 Å². The van der Waals surface area contributed by atoms with E-state index in [4.69, 9.17) is 14.4 Å². The van der Waals surface area contributed by atoms with E-state index in [1.165, 1.54) is 11.1 Å². The molecule has 9 aromatic rings. The van der Waals surface area contributed by atoms with E-state index in [0.29, 0.717) is 11.4 Å². The van der Waals surface area contributed by atoms with Crippen LogP contribution in [0.15, 0.2) is 138 Å². The van der Waals surface area contributed by atoms with Gasteiger partial charge >= 0.3 is 0 Å². The molecule has 6 aromatic carbocycles. The Labute approximate surface area is 296 Å². The first-order valence-electron chi connectivity index (χ1n) is 17.6. The fourth-order valence-corrected chi connectivity index (χ4v) is 7.66. The van der Waals surface area contributed by atoms with Crippen LogP contribution in [0.1, 0.15) is 50.7 Å². The van der Waals surface area contributed by atoms with Crippen molar-refractivity contribution in [3.05, 3.63) is 145 Å². The molecule has 5 heteroatoms. The van der Waals surface area contributed by atoms with E-state index in [9.17, 15) is 5.11 Å². The predicted octanol–water partition coefficient (Wildman–Crippen LogP) is 12.4. The van der Waals surface area contributed by atoms with E-state index in [1.54, 1.807) is 6.07 Å². The molecule has 0 fully saturated rings. The monoisotopic (exact) mass is 663 g/mol. The van der Waals surface area contributed by atoms with E-state index in [0.717, 1.165) is 71.8 Å². The average molecular weight is 664 g/mol. The van der Waals surface area contributed by atoms with Gasteiger partial charge in [0.1, 0.15) is 22.7 Å². The van der Waals surface area contributed by atoms with E-state index >= 15 is 0 Å². The molecule has 248 valence electrons. The van der Waals surface area contributed by atoms with Crippen molar-refractivity contribution in [2.45, 2.75) is 39.5 Å². The summed E-state index contributed by atoms with van der Waals surface area (Å²) in [6.45, 7) is 8.95. The number of aromatic nitrogens is 3. The highest BCUT2D eigenvalue weighted by molar-refractivity contribution is 6.14. The van der Waals surface area contributed by atoms with Gasteiger partial charge in [-0.2, -0.15) is 0 Å². The van der Waals surface area contributed by atoms with Crippen molar-refractivity contribution in [3.8, 4) is 45.2 Å². The minimum atomic E-state index is 0.194. The van der Waals surface area contributed by atoms with Crippen molar-refractivity contribution in [2.24, 2.45) is 0 Å². The third-order valence-corrected chi connectivity index (χ3v) is 10.1. The number of benzene rings is 6. The lowest BCUT2D eigenvalue weighted by Gasteiger charge is -2.22. The van der Waals surface area contributed by atoms with Crippen LogP contribution in [0.25, 0.3) is 83.2 Å². The fourth-order valence-electron chi connectivity index (χ4n) is 7.66. The summed E-state index contributed by atoms with van der Waals surface area (Å²) in [5.41, 5.74) is 11.6. The van der Waals surface area contributed by atoms with Crippen molar-refractivity contribution in [1.82, 2.24) is 14.5 Å². The molecule has 1 N–H and O–H groups in total. The molecule has 0 radical (unpaired) electrons. The number of para-hydroxylation sites is 4. The lowest BCUT2D eigenvalue weighted by molar-refractivity contribution is 0.477. The topological polar surface area (TPSA) is 64.1 Å². The number of phenolic OH excluding ortho intramolecular Hbond substituents is 1. The lowest BCUT2D eigenvalue weighted by atomic mass is 9.92. The second-order valence-corrected chi connectivity index (χ2v) is 13.9. The summed E-state index contributed by atoms with van der Waals surface area (Å²) in [6, 6.07) is 43.5. The van der Waals surface area contributed by atoms with Crippen molar-refractivity contribution in [1.29, 1.82) is 0 Å². The van der Waals surface area contributed by atoms with E-state index in [1.807, 2.05) is 42.6 Å². The maximum absolute atomic E-state index is 11.3.